The number of hydrogen-bond acceptors (Lipinski definition) is 3. The Hall–Kier alpha value is -1.58. The van der Waals surface area contributed by atoms with Gasteiger partial charge in [0, 0.05) is 25.8 Å². The lowest BCUT2D eigenvalue weighted by molar-refractivity contribution is 0.0949. The van der Waals surface area contributed by atoms with Crippen molar-refractivity contribution in [2.75, 3.05) is 24.5 Å². The van der Waals surface area contributed by atoms with Gasteiger partial charge in [0.25, 0.3) is 5.91 Å². The lowest BCUT2D eigenvalue weighted by Gasteiger charge is -2.29. The molecule has 0 atom stereocenters. The van der Waals surface area contributed by atoms with E-state index in [1.54, 1.807) is 6.20 Å². The van der Waals surface area contributed by atoms with Gasteiger partial charge in [0.15, 0.2) is 0 Å². The summed E-state index contributed by atoms with van der Waals surface area (Å²) in [5, 5.41) is 2.97. The molecule has 2 heterocycles. The van der Waals surface area contributed by atoms with Crippen LogP contribution in [-0.2, 0) is 0 Å². The van der Waals surface area contributed by atoms with Crippen molar-refractivity contribution in [2.45, 2.75) is 33.1 Å². The zero-order chi connectivity index (χ0) is 13.7. The molecule has 1 aliphatic heterocycles. The number of carbonyl (C=O) groups is 1. The van der Waals surface area contributed by atoms with Crippen LogP contribution in [0.1, 0.15) is 43.5 Å². The van der Waals surface area contributed by atoms with Crippen LogP contribution in [-0.4, -0.2) is 30.5 Å². The summed E-state index contributed by atoms with van der Waals surface area (Å²) in [5.41, 5.74) is 0.699. The van der Waals surface area contributed by atoms with Crippen molar-refractivity contribution >= 4 is 11.7 Å². The van der Waals surface area contributed by atoms with Crippen LogP contribution in [0.25, 0.3) is 0 Å². The molecule has 1 aromatic rings. The number of nitrogens with one attached hydrogen (secondary N) is 1. The highest BCUT2D eigenvalue weighted by Crippen LogP contribution is 2.21. The minimum Gasteiger partial charge on any atom is -0.356 e. The number of anilines is 1. The first-order valence-electron chi connectivity index (χ1n) is 7.16. The molecule has 0 saturated carbocycles. The average molecular weight is 261 g/mol. The van der Waals surface area contributed by atoms with Crippen LogP contribution in [0.3, 0.4) is 0 Å². The molecule has 1 amide bonds. The van der Waals surface area contributed by atoms with E-state index in [9.17, 15) is 4.79 Å². The highest BCUT2D eigenvalue weighted by Gasteiger charge is 2.19. The first kappa shape index (κ1) is 13.8. The smallest absolute Gasteiger partial charge is 0.255 e. The summed E-state index contributed by atoms with van der Waals surface area (Å²) in [6.45, 7) is 6.89. The quantitative estimate of drug-likeness (QED) is 0.905. The van der Waals surface area contributed by atoms with Gasteiger partial charge in [0.1, 0.15) is 5.82 Å². The maximum atomic E-state index is 12.2. The monoisotopic (exact) mass is 261 g/mol. The van der Waals surface area contributed by atoms with Crippen LogP contribution in [0, 0.1) is 5.92 Å². The van der Waals surface area contributed by atoms with E-state index < -0.39 is 0 Å². The number of amides is 1. The fraction of sp³-hybridized carbons (Fsp3) is 0.600. The van der Waals surface area contributed by atoms with E-state index in [4.69, 9.17) is 0 Å². The zero-order valence-electron chi connectivity index (χ0n) is 11.9. The Balaban J connectivity index is 2.13. The molecule has 1 saturated heterocycles. The number of hydrogen-bond donors (Lipinski definition) is 1. The predicted molar refractivity (Wildman–Crippen MR) is 77.5 cm³/mol. The molecule has 1 aliphatic rings. The van der Waals surface area contributed by atoms with Crippen LogP contribution < -0.4 is 10.2 Å². The Kier molecular flexibility index (Phi) is 4.77. The van der Waals surface area contributed by atoms with Gasteiger partial charge in [-0.2, -0.15) is 0 Å². The number of aromatic nitrogens is 1. The third-order valence-corrected chi connectivity index (χ3v) is 3.36. The number of rotatable bonds is 4. The molecule has 1 aromatic heterocycles. The molecule has 4 nitrogen and oxygen atoms in total. The molecule has 0 bridgehead atoms. The average Bonchev–Trinajstić information content (AvgIpc) is 2.45. The van der Waals surface area contributed by atoms with Gasteiger partial charge in [-0.05, 0) is 37.3 Å². The second-order valence-corrected chi connectivity index (χ2v) is 5.53. The second-order valence-electron chi connectivity index (χ2n) is 5.53. The third-order valence-electron chi connectivity index (χ3n) is 3.36. The molecule has 2 rings (SSSR count). The maximum absolute atomic E-state index is 12.2. The van der Waals surface area contributed by atoms with Crippen molar-refractivity contribution in [3.05, 3.63) is 23.9 Å². The highest BCUT2D eigenvalue weighted by atomic mass is 16.1. The van der Waals surface area contributed by atoms with E-state index in [1.165, 1.54) is 19.3 Å². The summed E-state index contributed by atoms with van der Waals surface area (Å²) in [6.07, 6.45) is 5.41. The Morgan fingerprint density at radius 3 is 2.79 bits per heavy atom. The van der Waals surface area contributed by atoms with Crippen molar-refractivity contribution in [1.29, 1.82) is 0 Å². The topological polar surface area (TPSA) is 45.2 Å². The zero-order valence-corrected chi connectivity index (χ0v) is 11.9. The molecule has 0 aromatic carbocycles. The van der Waals surface area contributed by atoms with Crippen LogP contribution in [0.4, 0.5) is 5.82 Å². The molecule has 1 fully saturated rings. The van der Waals surface area contributed by atoms with E-state index in [0.717, 1.165) is 18.9 Å². The van der Waals surface area contributed by atoms with E-state index in [0.29, 0.717) is 18.0 Å². The molecule has 0 radical (unpaired) electrons. The van der Waals surface area contributed by atoms with Crippen LogP contribution in [0.5, 0.6) is 0 Å². The first-order chi connectivity index (χ1) is 9.18. The fourth-order valence-electron chi connectivity index (χ4n) is 2.32. The summed E-state index contributed by atoms with van der Waals surface area (Å²) in [5.74, 6) is 1.28. The summed E-state index contributed by atoms with van der Waals surface area (Å²) >= 11 is 0. The molecule has 0 unspecified atom stereocenters. The molecule has 0 spiro atoms. The number of carbonyl (C=O) groups excluding carboxylic acids is 1. The molecule has 4 heteroatoms. The van der Waals surface area contributed by atoms with Crippen LogP contribution >= 0.6 is 0 Å². The van der Waals surface area contributed by atoms with Gasteiger partial charge < -0.3 is 10.2 Å². The normalized spacial score (nSPS) is 15.6. The minimum absolute atomic E-state index is 0.0117. The highest BCUT2D eigenvalue weighted by molar-refractivity contribution is 5.98. The fourth-order valence-corrected chi connectivity index (χ4v) is 2.32. The van der Waals surface area contributed by atoms with Gasteiger partial charge in [-0.25, -0.2) is 4.98 Å². The van der Waals surface area contributed by atoms with E-state index >= 15 is 0 Å². The Morgan fingerprint density at radius 1 is 1.37 bits per heavy atom. The standard InChI is InChI=1S/C15H23N3O/c1-12(2)11-17-15(19)13-7-6-8-16-14(13)18-9-4-3-5-10-18/h6-8,12H,3-5,9-11H2,1-2H3,(H,17,19). The Morgan fingerprint density at radius 2 is 2.11 bits per heavy atom. The Labute approximate surface area is 115 Å². The van der Waals surface area contributed by atoms with Gasteiger partial charge in [-0.1, -0.05) is 13.8 Å². The second kappa shape index (κ2) is 6.55. The van der Waals surface area contributed by atoms with Gasteiger partial charge >= 0.3 is 0 Å². The van der Waals surface area contributed by atoms with Gasteiger partial charge in [0.2, 0.25) is 0 Å². The molecule has 19 heavy (non-hydrogen) atoms. The number of piperidine rings is 1. The summed E-state index contributed by atoms with van der Waals surface area (Å²) < 4.78 is 0. The van der Waals surface area contributed by atoms with Crippen molar-refractivity contribution in [2.24, 2.45) is 5.92 Å². The molecule has 1 N–H and O–H groups in total. The molecular formula is C15H23N3O. The van der Waals surface area contributed by atoms with Gasteiger partial charge in [-0.3, -0.25) is 4.79 Å². The van der Waals surface area contributed by atoms with Crippen molar-refractivity contribution in [3.8, 4) is 0 Å². The van der Waals surface area contributed by atoms with Crippen molar-refractivity contribution in [3.63, 3.8) is 0 Å². The first-order valence-corrected chi connectivity index (χ1v) is 7.16. The molecule has 0 aliphatic carbocycles. The summed E-state index contributed by atoms with van der Waals surface area (Å²) in [7, 11) is 0. The minimum atomic E-state index is -0.0117. The third kappa shape index (κ3) is 3.69. The molecule has 104 valence electrons. The number of pyridine rings is 1. The predicted octanol–water partition coefficient (Wildman–Crippen LogP) is 2.46. The summed E-state index contributed by atoms with van der Waals surface area (Å²) in [4.78, 5) is 18.9. The lowest BCUT2D eigenvalue weighted by Crippen LogP contribution is -2.34. The summed E-state index contributed by atoms with van der Waals surface area (Å²) in [6, 6.07) is 3.70. The van der Waals surface area contributed by atoms with Crippen molar-refractivity contribution < 1.29 is 4.79 Å². The van der Waals surface area contributed by atoms with Gasteiger partial charge in [0.05, 0.1) is 5.56 Å². The van der Waals surface area contributed by atoms with Gasteiger partial charge in [-0.15, -0.1) is 0 Å². The molecular weight excluding hydrogens is 238 g/mol. The Bertz CT molecular complexity index is 425. The SMILES string of the molecule is CC(C)CNC(=O)c1cccnc1N1CCCCC1. The van der Waals surface area contributed by atoms with Crippen molar-refractivity contribution in [1.82, 2.24) is 10.3 Å². The number of nitrogens with zero attached hydrogens (tertiary/aromatic N) is 2. The van der Waals surface area contributed by atoms with E-state index in [2.05, 4.69) is 29.0 Å². The van der Waals surface area contributed by atoms with Crippen LogP contribution in [0.2, 0.25) is 0 Å². The van der Waals surface area contributed by atoms with E-state index in [1.807, 2.05) is 12.1 Å². The lowest BCUT2D eigenvalue weighted by atomic mass is 10.1. The van der Waals surface area contributed by atoms with Crippen LogP contribution in [0.15, 0.2) is 18.3 Å². The van der Waals surface area contributed by atoms with E-state index in [-0.39, 0.29) is 5.91 Å². The maximum Gasteiger partial charge on any atom is 0.255 e. The largest absolute Gasteiger partial charge is 0.356 e.